The second kappa shape index (κ2) is 8.90. The number of amides is 1. The number of aryl methyl sites for hydroxylation is 1. The Morgan fingerprint density at radius 1 is 1.18 bits per heavy atom. The van der Waals surface area contributed by atoms with E-state index in [1.54, 1.807) is 35.8 Å². The number of alkyl halides is 3. The van der Waals surface area contributed by atoms with Crippen molar-refractivity contribution in [3.05, 3.63) is 76.3 Å². The summed E-state index contributed by atoms with van der Waals surface area (Å²) in [6.45, 7) is 4.05. The van der Waals surface area contributed by atoms with Gasteiger partial charge in [0.05, 0.1) is 5.69 Å². The summed E-state index contributed by atoms with van der Waals surface area (Å²) in [5.74, 6) is 0.0719. The van der Waals surface area contributed by atoms with Crippen LogP contribution >= 0.6 is 11.6 Å². The maximum Gasteiger partial charge on any atom is 0.573 e. The molecule has 1 aliphatic rings. The number of nitrogens with one attached hydrogen (secondary N) is 1. The molecule has 0 bridgehead atoms. The molecule has 4 rings (SSSR count). The van der Waals surface area contributed by atoms with Crippen molar-refractivity contribution in [2.75, 3.05) is 6.54 Å². The van der Waals surface area contributed by atoms with E-state index in [2.05, 4.69) is 20.3 Å². The van der Waals surface area contributed by atoms with Crippen molar-refractivity contribution in [1.82, 2.24) is 20.1 Å². The van der Waals surface area contributed by atoms with Crippen LogP contribution in [0.25, 0.3) is 11.3 Å². The van der Waals surface area contributed by atoms with Gasteiger partial charge in [0, 0.05) is 29.5 Å². The summed E-state index contributed by atoms with van der Waals surface area (Å²) in [7, 11) is 0. The molecule has 0 saturated carbocycles. The second-order valence-electron chi connectivity index (χ2n) is 7.52. The van der Waals surface area contributed by atoms with Crippen LogP contribution in [0.3, 0.4) is 0 Å². The number of ether oxygens (including phenoxy) is 1. The lowest BCUT2D eigenvalue weighted by atomic mass is 9.92. The number of halogens is 4. The van der Waals surface area contributed by atoms with Gasteiger partial charge in [-0.3, -0.25) is 9.36 Å². The lowest BCUT2D eigenvalue weighted by molar-refractivity contribution is -0.274. The zero-order valence-corrected chi connectivity index (χ0v) is 18.5. The van der Waals surface area contributed by atoms with Crippen LogP contribution in [0.5, 0.6) is 5.75 Å². The van der Waals surface area contributed by atoms with Gasteiger partial charge in [0.1, 0.15) is 17.4 Å². The van der Waals surface area contributed by atoms with Gasteiger partial charge in [0.2, 0.25) is 5.91 Å². The predicted octanol–water partition coefficient (Wildman–Crippen LogP) is 5.18. The van der Waals surface area contributed by atoms with Crippen LogP contribution in [0.15, 0.2) is 48.5 Å². The fourth-order valence-electron chi connectivity index (χ4n) is 3.91. The van der Waals surface area contributed by atoms with E-state index in [4.69, 9.17) is 11.6 Å². The number of nitrogens with zero attached hydrogens (tertiary/aromatic N) is 3. The minimum absolute atomic E-state index is 0.100. The smallest absolute Gasteiger partial charge is 0.406 e. The third-order valence-electron chi connectivity index (χ3n) is 5.22. The molecule has 0 unspecified atom stereocenters. The third kappa shape index (κ3) is 4.88. The molecular weight excluding hydrogens is 457 g/mol. The molecule has 0 saturated heterocycles. The summed E-state index contributed by atoms with van der Waals surface area (Å²) < 4.78 is 44.7. The van der Waals surface area contributed by atoms with Crippen molar-refractivity contribution in [2.45, 2.75) is 32.5 Å². The fraction of sp³-hybridized carbons (Fsp3) is 0.261. The van der Waals surface area contributed by atoms with Gasteiger partial charge in [-0.25, -0.2) is 0 Å². The molecule has 1 aliphatic heterocycles. The van der Waals surface area contributed by atoms with Crippen molar-refractivity contribution in [3.63, 3.8) is 0 Å². The first kappa shape index (κ1) is 22.8. The number of fused-ring (bicyclic) bond motifs is 3. The largest absolute Gasteiger partial charge is 0.573 e. The summed E-state index contributed by atoms with van der Waals surface area (Å²) in [4.78, 5) is 12.5. The molecule has 3 aromatic rings. The van der Waals surface area contributed by atoms with E-state index >= 15 is 0 Å². The Hall–Kier alpha value is -3.33. The number of hydrogen-bond donors (Lipinski definition) is 1. The quantitative estimate of drug-likeness (QED) is 0.550. The normalized spacial score (nSPS) is 15.2. The van der Waals surface area contributed by atoms with Crippen molar-refractivity contribution < 1.29 is 22.7 Å². The lowest BCUT2D eigenvalue weighted by Gasteiger charge is -2.16. The molecule has 1 aromatic heterocycles. The van der Waals surface area contributed by atoms with Gasteiger partial charge in [-0.05, 0) is 55.3 Å². The predicted molar refractivity (Wildman–Crippen MR) is 117 cm³/mol. The molecule has 33 heavy (non-hydrogen) atoms. The molecule has 1 N–H and O–H groups in total. The number of benzene rings is 2. The zero-order chi connectivity index (χ0) is 23.8. The Morgan fingerprint density at radius 3 is 2.58 bits per heavy atom. The number of rotatable bonds is 5. The highest BCUT2D eigenvalue weighted by Crippen LogP contribution is 2.40. The molecule has 6 nitrogen and oxygen atoms in total. The Balaban J connectivity index is 1.94. The molecule has 0 spiro atoms. The monoisotopic (exact) mass is 476 g/mol. The Morgan fingerprint density at radius 2 is 1.91 bits per heavy atom. The van der Waals surface area contributed by atoms with E-state index in [9.17, 15) is 18.0 Å². The molecule has 2 heterocycles. The highest BCUT2D eigenvalue weighted by Gasteiger charge is 2.33. The van der Waals surface area contributed by atoms with Gasteiger partial charge in [0.15, 0.2) is 0 Å². The standard InChI is InChI=1S/C23H20ClF3N4O2/c1-3-28-21(32)11-15-10-18(14-4-6-16(24)7-5-14)19-12-17(33-23(25,26)27)8-9-20(19)31-13(2)29-30-22(15)31/h4-10,12,15H,3,11H2,1-2H3,(H,28,32)/t15-/m1/s1. The van der Waals surface area contributed by atoms with Crippen molar-refractivity contribution >= 4 is 23.1 Å². The van der Waals surface area contributed by atoms with E-state index in [-0.39, 0.29) is 18.1 Å². The van der Waals surface area contributed by atoms with Crippen LogP contribution in [0.2, 0.25) is 5.02 Å². The van der Waals surface area contributed by atoms with Crippen LogP contribution in [-0.2, 0) is 4.79 Å². The molecule has 0 aliphatic carbocycles. The van der Waals surface area contributed by atoms with Gasteiger partial charge in [-0.1, -0.05) is 29.8 Å². The number of aromatic nitrogens is 3. The first-order valence-corrected chi connectivity index (χ1v) is 10.6. The Labute approximate surface area is 193 Å². The van der Waals surface area contributed by atoms with Gasteiger partial charge in [-0.2, -0.15) is 0 Å². The van der Waals surface area contributed by atoms with Gasteiger partial charge >= 0.3 is 6.36 Å². The minimum atomic E-state index is -4.83. The first-order valence-electron chi connectivity index (χ1n) is 10.2. The molecule has 1 amide bonds. The molecular formula is C23H20ClF3N4O2. The van der Waals surface area contributed by atoms with E-state index in [0.717, 1.165) is 5.56 Å². The topological polar surface area (TPSA) is 69.0 Å². The van der Waals surface area contributed by atoms with Crippen LogP contribution in [0.4, 0.5) is 13.2 Å². The number of allylic oxidation sites excluding steroid dienone is 1. The molecule has 1 atom stereocenters. The fourth-order valence-corrected chi connectivity index (χ4v) is 4.03. The maximum atomic E-state index is 12.9. The highest BCUT2D eigenvalue weighted by molar-refractivity contribution is 6.30. The summed E-state index contributed by atoms with van der Waals surface area (Å²) in [5.41, 5.74) is 2.43. The average molecular weight is 477 g/mol. The molecule has 0 radical (unpaired) electrons. The van der Waals surface area contributed by atoms with E-state index in [1.807, 2.05) is 13.0 Å². The van der Waals surface area contributed by atoms with Crippen molar-refractivity contribution in [3.8, 4) is 11.4 Å². The van der Waals surface area contributed by atoms with E-state index in [0.29, 0.717) is 40.0 Å². The number of carbonyl (C=O) groups excluding carboxylic acids is 1. The SMILES string of the molecule is CCNC(=O)C[C@H]1C=C(c2ccc(Cl)cc2)c2cc(OC(F)(F)F)ccc2-n2c(C)nnc21. The second-order valence-corrected chi connectivity index (χ2v) is 7.96. The Kier molecular flexibility index (Phi) is 6.16. The van der Waals surface area contributed by atoms with Crippen molar-refractivity contribution in [2.24, 2.45) is 0 Å². The average Bonchev–Trinajstić information content (AvgIpc) is 3.06. The summed E-state index contributed by atoms with van der Waals surface area (Å²) in [6, 6.07) is 11.1. The van der Waals surface area contributed by atoms with Crippen LogP contribution < -0.4 is 10.1 Å². The van der Waals surface area contributed by atoms with Gasteiger partial charge < -0.3 is 10.1 Å². The highest BCUT2D eigenvalue weighted by atomic mass is 35.5. The van der Waals surface area contributed by atoms with Gasteiger partial charge in [-0.15, -0.1) is 23.4 Å². The van der Waals surface area contributed by atoms with E-state index in [1.165, 1.54) is 18.2 Å². The summed E-state index contributed by atoms with van der Waals surface area (Å²) in [5, 5.41) is 11.7. The van der Waals surface area contributed by atoms with Crippen LogP contribution in [-0.4, -0.2) is 33.6 Å². The molecule has 2 aromatic carbocycles. The number of carbonyl (C=O) groups is 1. The van der Waals surface area contributed by atoms with Crippen LogP contribution in [0.1, 0.15) is 42.0 Å². The van der Waals surface area contributed by atoms with Crippen molar-refractivity contribution in [1.29, 1.82) is 0 Å². The summed E-state index contributed by atoms with van der Waals surface area (Å²) in [6.07, 6.45) is -2.90. The molecule has 10 heteroatoms. The Bertz CT molecular complexity index is 1220. The van der Waals surface area contributed by atoms with E-state index < -0.39 is 12.3 Å². The third-order valence-corrected chi connectivity index (χ3v) is 5.47. The minimum Gasteiger partial charge on any atom is -0.406 e. The summed E-state index contributed by atoms with van der Waals surface area (Å²) >= 11 is 6.05. The maximum absolute atomic E-state index is 12.9. The zero-order valence-electron chi connectivity index (χ0n) is 17.8. The lowest BCUT2D eigenvalue weighted by Crippen LogP contribution is -2.24. The van der Waals surface area contributed by atoms with Crippen LogP contribution in [0, 0.1) is 6.92 Å². The number of hydrogen-bond acceptors (Lipinski definition) is 4. The molecule has 0 fully saturated rings. The molecule has 172 valence electrons. The first-order chi connectivity index (χ1) is 15.7. The van der Waals surface area contributed by atoms with Gasteiger partial charge in [0.25, 0.3) is 0 Å².